The van der Waals surface area contributed by atoms with Gasteiger partial charge in [-0.15, -0.1) is 0 Å². The molecule has 0 aliphatic carbocycles. The number of nitrogens with one attached hydrogen (secondary N) is 1. The molecule has 1 aliphatic rings. The summed E-state index contributed by atoms with van der Waals surface area (Å²) in [5, 5.41) is 3.19. The minimum Gasteiger partial charge on any atom is -0.489 e. The highest BCUT2D eigenvalue weighted by Crippen LogP contribution is 2.33. The molecule has 5 nitrogen and oxygen atoms in total. The summed E-state index contributed by atoms with van der Waals surface area (Å²) < 4.78 is 10.4. The van der Waals surface area contributed by atoms with Gasteiger partial charge in [0.05, 0.1) is 11.7 Å². The Morgan fingerprint density at radius 1 is 1.56 bits per heavy atom. The molecule has 0 fully saturated rings. The Balaban J connectivity index is 0.000000771. The summed E-state index contributed by atoms with van der Waals surface area (Å²) in [7, 11) is 0. The number of fused-ring (bicyclic) bond motifs is 1. The van der Waals surface area contributed by atoms with Crippen LogP contribution >= 0.6 is 0 Å². The van der Waals surface area contributed by atoms with E-state index in [1.165, 1.54) is 6.92 Å². The van der Waals surface area contributed by atoms with Crippen LogP contribution in [0.2, 0.25) is 0 Å². The van der Waals surface area contributed by atoms with Gasteiger partial charge < -0.3 is 20.5 Å². The van der Waals surface area contributed by atoms with Gasteiger partial charge >= 0.3 is 5.97 Å². The smallest absolute Gasteiger partial charge is 0.302 e. The molecule has 1 heterocycles. The zero-order chi connectivity index (χ0) is 13.5. The maximum Gasteiger partial charge on any atom is 0.302 e. The van der Waals surface area contributed by atoms with E-state index < -0.39 is 0 Å². The maximum absolute atomic E-state index is 10.7. The Morgan fingerprint density at radius 3 is 2.94 bits per heavy atom. The molecule has 0 saturated heterocycles. The lowest BCUT2D eigenvalue weighted by Crippen LogP contribution is -2.36. The standard InChI is InChI=1S/C11H14N2O3.C2H6/c1-7(14)15-5-8-6-16-10-4-2-3-9(12)11(10)13-8;1-2/h2-4,8,13H,5-6,12H2,1H3;1-2H3. The van der Waals surface area contributed by atoms with Gasteiger partial charge in [0.25, 0.3) is 0 Å². The molecule has 1 aromatic carbocycles. The van der Waals surface area contributed by atoms with Gasteiger partial charge in [0.2, 0.25) is 0 Å². The summed E-state index contributed by atoms with van der Waals surface area (Å²) in [4.78, 5) is 10.7. The van der Waals surface area contributed by atoms with Crippen molar-refractivity contribution in [2.24, 2.45) is 0 Å². The highest BCUT2D eigenvalue weighted by Gasteiger charge is 2.21. The Hall–Kier alpha value is -1.91. The van der Waals surface area contributed by atoms with Crippen LogP contribution in [0.1, 0.15) is 20.8 Å². The number of hydrogen-bond acceptors (Lipinski definition) is 5. The number of carbonyl (C=O) groups is 1. The van der Waals surface area contributed by atoms with E-state index in [0.717, 1.165) is 11.4 Å². The first-order valence-corrected chi connectivity index (χ1v) is 6.08. The number of nitrogens with two attached hydrogens (primary N) is 1. The summed E-state index contributed by atoms with van der Waals surface area (Å²) in [6, 6.07) is 5.42. The van der Waals surface area contributed by atoms with Gasteiger partial charge in [-0.2, -0.15) is 0 Å². The van der Waals surface area contributed by atoms with E-state index in [-0.39, 0.29) is 18.6 Å². The van der Waals surface area contributed by atoms with E-state index in [1.807, 2.05) is 26.0 Å². The number of hydrogen-bond donors (Lipinski definition) is 2. The molecule has 5 heteroatoms. The minimum atomic E-state index is -0.298. The lowest BCUT2D eigenvalue weighted by atomic mass is 10.2. The van der Waals surface area contributed by atoms with E-state index in [2.05, 4.69) is 5.32 Å². The topological polar surface area (TPSA) is 73.6 Å². The van der Waals surface area contributed by atoms with E-state index >= 15 is 0 Å². The molecule has 2 rings (SSSR count). The summed E-state index contributed by atoms with van der Waals surface area (Å²) >= 11 is 0. The normalized spacial score (nSPS) is 16.3. The highest BCUT2D eigenvalue weighted by atomic mass is 16.5. The second-order valence-corrected chi connectivity index (χ2v) is 3.68. The summed E-state index contributed by atoms with van der Waals surface area (Å²) in [6.07, 6.45) is 0. The number of carbonyl (C=O) groups excluding carboxylic acids is 1. The monoisotopic (exact) mass is 252 g/mol. The van der Waals surface area contributed by atoms with Crippen LogP contribution in [0, 0.1) is 0 Å². The van der Waals surface area contributed by atoms with Gasteiger partial charge in [-0.1, -0.05) is 19.9 Å². The van der Waals surface area contributed by atoms with Gasteiger partial charge in [0.15, 0.2) is 0 Å². The van der Waals surface area contributed by atoms with Crippen LogP contribution in [0.3, 0.4) is 0 Å². The molecule has 0 saturated carbocycles. The first-order valence-electron chi connectivity index (χ1n) is 6.08. The van der Waals surface area contributed by atoms with Crippen LogP contribution in [-0.4, -0.2) is 25.2 Å². The third kappa shape index (κ3) is 3.55. The first kappa shape index (κ1) is 14.2. The van der Waals surface area contributed by atoms with Gasteiger partial charge in [-0.25, -0.2) is 0 Å². The van der Waals surface area contributed by atoms with Gasteiger partial charge in [0, 0.05) is 6.92 Å². The number of esters is 1. The van der Waals surface area contributed by atoms with Crippen molar-refractivity contribution in [3.63, 3.8) is 0 Å². The van der Waals surface area contributed by atoms with Crippen LogP contribution in [0.15, 0.2) is 18.2 Å². The quantitative estimate of drug-likeness (QED) is 0.622. The van der Waals surface area contributed by atoms with Crippen molar-refractivity contribution in [3.8, 4) is 5.75 Å². The van der Waals surface area contributed by atoms with Crippen LogP contribution in [-0.2, 0) is 9.53 Å². The van der Waals surface area contributed by atoms with E-state index in [9.17, 15) is 4.79 Å². The average Bonchev–Trinajstić information content (AvgIpc) is 2.39. The lowest BCUT2D eigenvalue weighted by molar-refractivity contribution is -0.141. The molecule has 1 atom stereocenters. The molecule has 0 amide bonds. The fourth-order valence-corrected chi connectivity index (χ4v) is 1.57. The molecule has 1 unspecified atom stereocenters. The summed E-state index contributed by atoms with van der Waals surface area (Å²) in [6.45, 7) is 6.12. The zero-order valence-corrected chi connectivity index (χ0v) is 11.0. The Morgan fingerprint density at radius 2 is 2.28 bits per heavy atom. The van der Waals surface area contributed by atoms with Crippen molar-refractivity contribution < 1.29 is 14.3 Å². The lowest BCUT2D eigenvalue weighted by Gasteiger charge is -2.27. The zero-order valence-electron chi connectivity index (χ0n) is 11.0. The van der Waals surface area contributed by atoms with Gasteiger partial charge in [-0.3, -0.25) is 4.79 Å². The first-order chi connectivity index (χ1) is 8.66. The maximum atomic E-state index is 10.7. The van der Waals surface area contributed by atoms with Gasteiger partial charge in [-0.05, 0) is 12.1 Å². The van der Waals surface area contributed by atoms with Crippen molar-refractivity contribution in [3.05, 3.63) is 18.2 Å². The Kier molecular flexibility index (Phi) is 5.30. The molecule has 18 heavy (non-hydrogen) atoms. The summed E-state index contributed by atoms with van der Waals surface area (Å²) in [5.41, 5.74) is 7.21. The Bertz CT molecular complexity index is 407. The Labute approximate surface area is 107 Å². The molecular weight excluding hydrogens is 232 g/mol. The largest absolute Gasteiger partial charge is 0.489 e. The van der Waals surface area contributed by atoms with Gasteiger partial charge in [0.1, 0.15) is 24.7 Å². The second kappa shape index (κ2) is 6.74. The molecule has 0 radical (unpaired) electrons. The molecular formula is C13H20N2O3. The fourth-order valence-electron chi connectivity index (χ4n) is 1.57. The van der Waals surface area contributed by atoms with Crippen molar-refractivity contribution in [1.82, 2.24) is 0 Å². The van der Waals surface area contributed by atoms with Crippen LogP contribution in [0.4, 0.5) is 11.4 Å². The highest BCUT2D eigenvalue weighted by molar-refractivity contribution is 5.74. The van der Waals surface area contributed by atoms with Crippen molar-refractivity contribution in [2.75, 3.05) is 24.3 Å². The minimum absolute atomic E-state index is 0.0545. The fraction of sp³-hybridized carbons (Fsp3) is 0.462. The number of para-hydroxylation sites is 1. The number of benzene rings is 1. The SMILES string of the molecule is CC.CC(=O)OCC1COc2cccc(N)c2N1. The molecule has 1 aliphatic heterocycles. The van der Waals surface area contributed by atoms with Crippen molar-refractivity contribution >= 4 is 17.3 Å². The van der Waals surface area contributed by atoms with Crippen molar-refractivity contribution in [2.45, 2.75) is 26.8 Å². The molecule has 3 N–H and O–H groups in total. The second-order valence-electron chi connectivity index (χ2n) is 3.68. The molecule has 100 valence electrons. The number of rotatable bonds is 2. The molecule has 0 aromatic heterocycles. The number of anilines is 2. The van der Waals surface area contributed by atoms with E-state index in [1.54, 1.807) is 6.07 Å². The van der Waals surface area contributed by atoms with E-state index in [0.29, 0.717) is 12.3 Å². The third-order valence-electron chi connectivity index (χ3n) is 2.33. The average molecular weight is 252 g/mol. The third-order valence-corrected chi connectivity index (χ3v) is 2.33. The summed E-state index contributed by atoms with van der Waals surface area (Å²) in [5.74, 6) is 0.438. The molecule has 0 spiro atoms. The van der Waals surface area contributed by atoms with Crippen LogP contribution < -0.4 is 15.8 Å². The number of nitrogen functional groups attached to an aromatic ring is 1. The number of ether oxygens (including phenoxy) is 2. The van der Waals surface area contributed by atoms with Crippen molar-refractivity contribution in [1.29, 1.82) is 0 Å². The van der Waals surface area contributed by atoms with Crippen LogP contribution in [0.25, 0.3) is 0 Å². The molecule has 1 aromatic rings. The predicted octanol–water partition coefficient (Wildman–Crippen LogP) is 2.03. The van der Waals surface area contributed by atoms with Crippen LogP contribution in [0.5, 0.6) is 5.75 Å². The predicted molar refractivity (Wildman–Crippen MR) is 71.7 cm³/mol. The molecule has 0 bridgehead atoms. The van der Waals surface area contributed by atoms with E-state index in [4.69, 9.17) is 15.2 Å².